The molecule has 0 saturated heterocycles. The van der Waals surface area contributed by atoms with Gasteiger partial charge in [-0.3, -0.25) is 4.79 Å². The van der Waals surface area contributed by atoms with Gasteiger partial charge in [0.2, 0.25) is 0 Å². The van der Waals surface area contributed by atoms with Crippen molar-refractivity contribution in [2.24, 2.45) is 0 Å². The zero-order valence-electron chi connectivity index (χ0n) is 12.8. The second kappa shape index (κ2) is 11.1. The minimum absolute atomic E-state index is 0.0875. The van der Waals surface area contributed by atoms with Crippen LogP contribution in [0.3, 0.4) is 0 Å². The molecule has 2 nitrogen and oxygen atoms in total. The number of unbranched alkanes of at least 4 members (excludes halogenated alkanes) is 5. The average molecular weight is 292 g/mol. The zero-order valence-corrected chi connectivity index (χ0v) is 12.8. The van der Waals surface area contributed by atoms with Crippen LogP contribution in [0, 0.1) is 5.82 Å². The van der Waals surface area contributed by atoms with Gasteiger partial charge < -0.3 is 4.74 Å². The summed E-state index contributed by atoms with van der Waals surface area (Å²) in [6.07, 6.45) is 11.0. The number of halogens is 1. The van der Waals surface area contributed by atoms with Gasteiger partial charge >= 0.3 is 5.97 Å². The van der Waals surface area contributed by atoms with E-state index in [1.54, 1.807) is 6.07 Å². The van der Waals surface area contributed by atoms with E-state index in [0.717, 1.165) is 44.1 Å². The molecule has 0 atom stereocenters. The van der Waals surface area contributed by atoms with Crippen LogP contribution in [0.5, 0.6) is 0 Å². The molecule has 21 heavy (non-hydrogen) atoms. The van der Waals surface area contributed by atoms with E-state index in [4.69, 9.17) is 4.74 Å². The first kappa shape index (κ1) is 17.4. The van der Waals surface area contributed by atoms with E-state index in [0.29, 0.717) is 13.0 Å². The molecule has 0 bridgehead atoms. The molecule has 0 aliphatic heterocycles. The van der Waals surface area contributed by atoms with Crippen molar-refractivity contribution in [1.29, 1.82) is 0 Å². The number of benzene rings is 1. The lowest BCUT2D eigenvalue weighted by Crippen LogP contribution is -2.03. The van der Waals surface area contributed by atoms with Crippen molar-refractivity contribution in [2.75, 3.05) is 6.61 Å². The zero-order chi connectivity index (χ0) is 15.3. The first-order valence-electron chi connectivity index (χ1n) is 7.80. The molecule has 116 valence electrons. The highest BCUT2D eigenvalue weighted by Crippen LogP contribution is 2.10. The Hall–Kier alpha value is -1.64. The lowest BCUT2D eigenvalue weighted by molar-refractivity contribution is -0.143. The molecular weight excluding hydrogens is 267 g/mol. The number of rotatable bonds is 10. The van der Waals surface area contributed by atoms with E-state index in [1.807, 2.05) is 19.1 Å². The number of hydrogen-bond acceptors (Lipinski definition) is 2. The molecule has 1 rings (SSSR count). The van der Waals surface area contributed by atoms with Gasteiger partial charge in [-0.2, -0.15) is 0 Å². The molecule has 0 unspecified atom stereocenters. The summed E-state index contributed by atoms with van der Waals surface area (Å²) in [5.74, 6) is -0.283. The van der Waals surface area contributed by atoms with E-state index < -0.39 is 0 Å². The monoisotopic (exact) mass is 292 g/mol. The molecule has 0 aromatic heterocycles. The van der Waals surface area contributed by atoms with Crippen LogP contribution < -0.4 is 0 Å². The van der Waals surface area contributed by atoms with Crippen LogP contribution >= 0.6 is 0 Å². The van der Waals surface area contributed by atoms with Crippen LogP contribution in [0.15, 0.2) is 30.3 Å². The number of hydrogen-bond donors (Lipinski definition) is 0. The van der Waals surface area contributed by atoms with Crippen molar-refractivity contribution in [3.63, 3.8) is 0 Å². The van der Waals surface area contributed by atoms with Gasteiger partial charge in [0.15, 0.2) is 0 Å². The molecular formula is C18H25FO2. The second-order valence-corrected chi connectivity index (χ2v) is 5.07. The van der Waals surface area contributed by atoms with Gasteiger partial charge in [0, 0.05) is 6.42 Å². The van der Waals surface area contributed by atoms with Gasteiger partial charge in [0.25, 0.3) is 0 Å². The van der Waals surface area contributed by atoms with Crippen LogP contribution in [0.25, 0.3) is 6.08 Å². The third-order valence-corrected chi connectivity index (χ3v) is 3.22. The molecule has 0 aliphatic carbocycles. The summed E-state index contributed by atoms with van der Waals surface area (Å²) in [5, 5.41) is 0. The van der Waals surface area contributed by atoms with Crippen LogP contribution in [0.1, 0.15) is 57.4 Å². The van der Waals surface area contributed by atoms with E-state index in [9.17, 15) is 9.18 Å². The molecule has 0 fully saturated rings. The third kappa shape index (κ3) is 9.01. The number of allylic oxidation sites excluding steroid dienone is 1. The van der Waals surface area contributed by atoms with Crippen molar-refractivity contribution in [1.82, 2.24) is 0 Å². The average Bonchev–Trinajstić information content (AvgIpc) is 2.46. The quantitative estimate of drug-likeness (QED) is 0.441. The summed E-state index contributed by atoms with van der Waals surface area (Å²) in [6.45, 7) is 2.30. The van der Waals surface area contributed by atoms with Crippen LogP contribution in [0.2, 0.25) is 0 Å². The summed E-state index contributed by atoms with van der Waals surface area (Å²) in [4.78, 5) is 11.1. The highest BCUT2D eigenvalue weighted by molar-refractivity contribution is 5.69. The Kier molecular flexibility index (Phi) is 9.18. The Labute approximate surface area is 127 Å². The minimum atomic E-state index is -0.196. The maximum atomic E-state index is 13.0. The Morgan fingerprint density at radius 2 is 1.95 bits per heavy atom. The maximum Gasteiger partial charge on any atom is 0.305 e. The van der Waals surface area contributed by atoms with Gasteiger partial charge in [-0.15, -0.1) is 0 Å². The Bertz CT molecular complexity index is 441. The molecule has 3 heteroatoms. The lowest BCUT2D eigenvalue weighted by Gasteiger charge is -2.01. The Morgan fingerprint density at radius 3 is 2.71 bits per heavy atom. The summed E-state index contributed by atoms with van der Waals surface area (Å²) >= 11 is 0. The van der Waals surface area contributed by atoms with Gasteiger partial charge in [-0.1, -0.05) is 43.5 Å². The summed E-state index contributed by atoms with van der Waals surface area (Å²) in [5.41, 5.74) is 0.907. The van der Waals surface area contributed by atoms with Crippen molar-refractivity contribution in [3.05, 3.63) is 41.7 Å². The van der Waals surface area contributed by atoms with Crippen molar-refractivity contribution in [3.8, 4) is 0 Å². The largest absolute Gasteiger partial charge is 0.466 e. The molecule has 1 aromatic carbocycles. The Morgan fingerprint density at radius 1 is 1.19 bits per heavy atom. The van der Waals surface area contributed by atoms with Gasteiger partial charge in [-0.05, 0) is 43.9 Å². The summed E-state index contributed by atoms with van der Waals surface area (Å²) in [7, 11) is 0. The van der Waals surface area contributed by atoms with Gasteiger partial charge in [0.1, 0.15) is 5.82 Å². The molecule has 0 spiro atoms. The van der Waals surface area contributed by atoms with Crippen molar-refractivity contribution >= 4 is 12.0 Å². The van der Waals surface area contributed by atoms with Gasteiger partial charge in [-0.25, -0.2) is 4.39 Å². The molecule has 0 N–H and O–H groups in total. The fourth-order valence-corrected chi connectivity index (χ4v) is 2.12. The number of esters is 1. The smallest absolute Gasteiger partial charge is 0.305 e. The number of carbonyl (C=O) groups excluding carboxylic acids is 1. The van der Waals surface area contributed by atoms with E-state index in [-0.39, 0.29) is 11.8 Å². The predicted molar refractivity (Wildman–Crippen MR) is 84.4 cm³/mol. The fourth-order valence-electron chi connectivity index (χ4n) is 2.12. The standard InChI is InChI=1S/C18H25FO2/c1-2-21-18(20)14-9-7-5-3-4-6-8-11-16-12-10-13-17(19)15-16/h8,10-13,15H,2-7,9,14H2,1H3/b11-8+. The van der Waals surface area contributed by atoms with Crippen LogP contribution in [-0.4, -0.2) is 12.6 Å². The fraction of sp³-hybridized carbons (Fsp3) is 0.500. The molecule has 0 radical (unpaired) electrons. The minimum Gasteiger partial charge on any atom is -0.466 e. The first-order valence-corrected chi connectivity index (χ1v) is 7.80. The SMILES string of the molecule is CCOC(=O)CCCCCCC/C=C/c1cccc(F)c1. The highest BCUT2D eigenvalue weighted by atomic mass is 19.1. The lowest BCUT2D eigenvalue weighted by atomic mass is 10.1. The van der Waals surface area contributed by atoms with Gasteiger partial charge in [0.05, 0.1) is 6.61 Å². The first-order chi connectivity index (χ1) is 10.2. The molecule has 0 aliphatic rings. The predicted octanol–water partition coefficient (Wildman–Crippen LogP) is 5.13. The molecule has 0 amide bonds. The molecule has 1 aromatic rings. The highest BCUT2D eigenvalue weighted by Gasteiger charge is 2.00. The Balaban J connectivity index is 1.98. The number of ether oxygens (including phenoxy) is 1. The summed E-state index contributed by atoms with van der Waals surface area (Å²) in [6, 6.07) is 6.60. The van der Waals surface area contributed by atoms with Crippen molar-refractivity contribution < 1.29 is 13.9 Å². The number of carbonyl (C=O) groups is 1. The van der Waals surface area contributed by atoms with Crippen molar-refractivity contribution in [2.45, 2.75) is 51.9 Å². The summed E-state index contributed by atoms with van der Waals surface area (Å²) < 4.78 is 17.8. The van der Waals surface area contributed by atoms with Crippen LogP contribution in [0.4, 0.5) is 4.39 Å². The second-order valence-electron chi connectivity index (χ2n) is 5.07. The van der Waals surface area contributed by atoms with E-state index in [2.05, 4.69) is 6.08 Å². The van der Waals surface area contributed by atoms with E-state index in [1.165, 1.54) is 12.1 Å². The van der Waals surface area contributed by atoms with E-state index >= 15 is 0 Å². The topological polar surface area (TPSA) is 26.3 Å². The maximum absolute atomic E-state index is 13.0. The van der Waals surface area contributed by atoms with Crippen LogP contribution in [-0.2, 0) is 9.53 Å². The third-order valence-electron chi connectivity index (χ3n) is 3.22. The normalized spacial score (nSPS) is 11.0. The molecule has 0 heterocycles. The molecule has 0 saturated carbocycles.